The Morgan fingerprint density at radius 2 is 0.500 bits per heavy atom. The van der Waals surface area contributed by atoms with Gasteiger partial charge in [-0.15, -0.1) is 0 Å². The van der Waals surface area contributed by atoms with E-state index in [1.165, 1.54) is 231 Å². The highest BCUT2D eigenvalue weighted by molar-refractivity contribution is 5.69. The molecule has 0 fully saturated rings. The van der Waals surface area contributed by atoms with Crippen LogP contribution in [0.15, 0.2) is 0 Å². The molecular formula is C53H104O5. The monoisotopic (exact) mass is 821 g/mol. The fraction of sp³-hybridized carbons (Fsp3) is 0.962. The Morgan fingerprint density at radius 1 is 0.293 bits per heavy atom. The van der Waals surface area contributed by atoms with Crippen molar-refractivity contribution in [1.82, 2.24) is 0 Å². The molecule has 0 spiro atoms. The van der Waals surface area contributed by atoms with Gasteiger partial charge >= 0.3 is 11.9 Å². The van der Waals surface area contributed by atoms with Crippen molar-refractivity contribution < 1.29 is 23.8 Å². The third kappa shape index (κ3) is 47.6. The Bertz CT molecular complexity index is 799. The van der Waals surface area contributed by atoms with Gasteiger partial charge in [-0.05, 0) is 19.3 Å². The van der Waals surface area contributed by atoms with E-state index in [9.17, 15) is 9.59 Å². The average Bonchev–Trinajstić information content (AvgIpc) is 3.23. The van der Waals surface area contributed by atoms with Crippen LogP contribution in [-0.2, 0) is 23.8 Å². The summed E-state index contributed by atoms with van der Waals surface area (Å²) in [5, 5.41) is 0. The Kier molecular flexibility index (Phi) is 49.3. The molecule has 346 valence electrons. The number of hydrogen-bond acceptors (Lipinski definition) is 5. The second-order valence-electron chi connectivity index (χ2n) is 18.1. The lowest BCUT2D eigenvalue weighted by molar-refractivity contribution is -0.155. The van der Waals surface area contributed by atoms with Gasteiger partial charge in [0.2, 0.25) is 0 Å². The predicted octanol–water partition coefficient (Wildman–Crippen LogP) is 17.7. The molecule has 5 nitrogen and oxygen atoms in total. The van der Waals surface area contributed by atoms with Gasteiger partial charge in [-0.1, -0.05) is 271 Å². The SMILES string of the molecule is CCCCCCCCCCCCCCCCCCO[C@@H](COC(=O)CCCCCCCCCCCCC)COC(=O)CCCCCCCCCCCCCCCCC. The number of esters is 2. The van der Waals surface area contributed by atoms with E-state index >= 15 is 0 Å². The van der Waals surface area contributed by atoms with Crippen molar-refractivity contribution in [3.05, 3.63) is 0 Å². The Labute approximate surface area is 363 Å². The van der Waals surface area contributed by atoms with Crippen LogP contribution in [0.1, 0.15) is 303 Å². The molecule has 0 saturated heterocycles. The minimum atomic E-state index is -0.386. The summed E-state index contributed by atoms with van der Waals surface area (Å²) in [5.41, 5.74) is 0. The Morgan fingerprint density at radius 3 is 0.741 bits per heavy atom. The van der Waals surface area contributed by atoms with Crippen molar-refractivity contribution in [3.8, 4) is 0 Å². The van der Waals surface area contributed by atoms with Crippen LogP contribution >= 0.6 is 0 Å². The zero-order valence-corrected chi connectivity index (χ0v) is 39.9. The minimum Gasteiger partial charge on any atom is -0.463 e. The fourth-order valence-electron chi connectivity index (χ4n) is 8.13. The standard InChI is InChI=1S/C53H104O5/c1-4-7-10-13-16-19-22-24-26-28-30-33-36-39-42-45-48-56-51(49-57-52(54)46-43-40-37-34-31-21-18-15-12-9-6-3)50-58-53(55)47-44-41-38-35-32-29-27-25-23-20-17-14-11-8-5-2/h51H,4-50H2,1-3H3/t51-/m0/s1. The number of rotatable bonds is 50. The van der Waals surface area contributed by atoms with E-state index < -0.39 is 0 Å². The maximum absolute atomic E-state index is 12.6. The molecule has 0 radical (unpaired) electrons. The summed E-state index contributed by atoms with van der Waals surface area (Å²) < 4.78 is 17.5. The molecule has 5 heteroatoms. The molecule has 0 aliphatic rings. The molecule has 0 aliphatic carbocycles. The first-order valence-electron chi connectivity index (χ1n) is 26.6. The van der Waals surface area contributed by atoms with Gasteiger partial charge in [0.05, 0.1) is 0 Å². The van der Waals surface area contributed by atoms with Gasteiger partial charge in [-0.3, -0.25) is 9.59 Å². The van der Waals surface area contributed by atoms with Gasteiger partial charge in [-0.2, -0.15) is 0 Å². The first-order valence-corrected chi connectivity index (χ1v) is 26.6. The van der Waals surface area contributed by atoms with Crippen LogP contribution in [0.4, 0.5) is 0 Å². The zero-order chi connectivity index (χ0) is 42.1. The van der Waals surface area contributed by atoms with Gasteiger partial charge in [0.25, 0.3) is 0 Å². The number of carbonyl (C=O) groups excluding carboxylic acids is 2. The quantitative estimate of drug-likeness (QED) is 0.0452. The van der Waals surface area contributed by atoms with E-state index in [0.717, 1.165) is 38.5 Å². The molecule has 0 N–H and O–H groups in total. The molecule has 0 rings (SSSR count). The predicted molar refractivity (Wildman–Crippen MR) is 252 cm³/mol. The molecule has 0 aliphatic heterocycles. The molecule has 0 aromatic carbocycles. The summed E-state index contributed by atoms with van der Waals surface area (Å²) >= 11 is 0. The molecule has 58 heavy (non-hydrogen) atoms. The second-order valence-corrected chi connectivity index (χ2v) is 18.1. The summed E-state index contributed by atoms with van der Waals surface area (Å²) in [6.07, 6.45) is 55.6. The molecule has 0 saturated carbocycles. The number of carbonyl (C=O) groups is 2. The van der Waals surface area contributed by atoms with E-state index in [1.807, 2.05) is 0 Å². The van der Waals surface area contributed by atoms with Crippen molar-refractivity contribution in [1.29, 1.82) is 0 Å². The molecule has 0 amide bonds. The first-order chi connectivity index (χ1) is 28.6. The van der Waals surface area contributed by atoms with Gasteiger partial charge in [0.1, 0.15) is 19.3 Å². The number of ether oxygens (including phenoxy) is 3. The van der Waals surface area contributed by atoms with Crippen molar-refractivity contribution in [2.45, 2.75) is 309 Å². The molecule has 0 aromatic heterocycles. The molecular weight excluding hydrogens is 717 g/mol. The van der Waals surface area contributed by atoms with E-state index in [1.54, 1.807) is 0 Å². The highest BCUT2D eigenvalue weighted by atomic mass is 16.6. The summed E-state index contributed by atoms with van der Waals surface area (Å²) in [5.74, 6) is -0.311. The summed E-state index contributed by atoms with van der Waals surface area (Å²) in [4.78, 5) is 25.2. The first kappa shape index (κ1) is 56.9. The van der Waals surface area contributed by atoms with Crippen LogP contribution < -0.4 is 0 Å². The van der Waals surface area contributed by atoms with Crippen molar-refractivity contribution in [2.75, 3.05) is 19.8 Å². The lowest BCUT2D eigenvalue weighted by Gasteiger charge is -2.18. The molecule has 0 heterocycles. The number of unbranched alkanes of at least 4 members (excludes halogenated alkanes) is 39. The lowest BCUT2D eigenvalue weighted by atomic mass is 10.0. The average molecular weight is 821 g/mol. The molecule has 1 atom stereocenters. The van der Waals surface area contributed by atoms with Gasteiger partial charge in [-0.25, -0.2) is 0 Å². The minimum absolute atomic E-state index is 0.155. The van der Waals surface area contributed by atoms with Crippen LogP contribution in [0, 0.1) is 0 Å². The summed E-state index contributed by atoms with van der Waals surface area (Å²) in [6, 6.07) is 0. The summed E-state index contributed by atoms with van der Waals surface area (Å²) in [7, 11) is 0. The van der Waals surface area contributed by atoms with Gasteiger partial charge < -0.3 is 14.2 Å². The third-order valence-corrected chi connectivity index (χ3v) is 12.2. The summed E-state index contributed by atoms with van der Waals surface area (Å²) in [6.45, 7) is 7.80. The van der Waals surface area contributed by atoms with Crippen molar-refractivity contribution in [3.63, 3.8) is 0 Å². The van der Waals surface area contributed by atoms with Crippen LogP contribution in [0.2, 0.25) is 0 Å². The van der Waals surface area contributed by atoms with Crippen molar-refractivity contribution >= 4 is 11.9 Å². The largest absolute Gasteiger partial charge is 0.463 e. The Balaban J connectivity index is 4.16. The molecule has 0 unspecified atom stereocenters. The van der Waals surface area contributed by atoms with Crippen LogP contribution in [0.5, 0.6) is 0 Å². The Hall–Kier alpha value is -1.10. The second kappa shape index (κ2) is 50.3. The molecule has 0 aromatic rings. The smallest absolute Gasteiger partial charge is 0.305 e. The van der Waals surface area contributed by atoms with E-state index in [0.29, 0.717) is 19.4 Å². The fourth-order valence-corrected chi connectivity index (χ4v) is 8.13. The van der Waals surface area contributed by atoms with Crippen LogP contribution in [0.3, 0.4) is 0 Å². The highest BCUT2D eigenvalue weighted by Crippen LogP contribution is 2.17. The van der Waals surface area contributed by atoms with Gasteiger partial charge in [0, 0.05) is 19.4 Å². The van der Waals surface area contributed by atoms with Crippen LogP contribution in [-0.4, -0.2) is 37.9 Å². The van der Waals surface area contributed by atoms with E-state index in [-0.39, 0.29) is 31.3 Å². The third-order valence-electron chi connectivity index (χ3n) is 12.2. The molecule has 0 bridgehead atoms. The van der Waals surface area contributed by atoms with Gasteiger partial charge in [0.15, 0.2) is 0 Å². The zero-order valence-electron chi connectivity index (χ0n) is 39.9. The maximum Gasteiger partial charge on any atom is 0.305 e. The highest BCUT2D eigenvalue weighted by Gasteiger charge is 2.16. The lowest BCUT2D eigenvalue weighted by Crippen LogP contribution is -2.29. The number of hydrogen-bond donors (Lipinski definition) is 0. The maximum atomic E-state index is 12.6. The topological polar surface area (TPSA) is 61.8 Å². The van der Waals surface area contributed by atoms with Crippen molar-refractivity contribution in [2.24, 2.45) is 0 Å². The van der Waals surface area contributed by atoms with E-state index in [4.69, 9.17) is 14.2 Å². The van der Waals surface area contributed by atoms with Crippen LogP contribution in [0.25, 0.3) is 0 Å². The normalized spacial score (nSPS) is 12.0. The van der Waals surface area contributed by atoms with E-state index in [2.05, 4.69) is 20.8 Å².